The van der Waals surface area contributed by atoms with Crippen LogP contribution in [0.15, 0.2) is 51.9 Å². The molecule has 2 aromatic rings. The van der Waals surface area contributed by atoms with Crippen molar-refractivity contribution < 1.29 is 15.6 Å². The number of hydrogen-bond acceptors (Lipinski definition) is 6. The Hall–Kier alpha value is -3.15. The van der Waals surface area contributed by atoms with Gasteiger partial charge in [0.2, 0.25) is 0 Å². The van der Waals surface area contributed by atoms with E-state index in [2.05, 4.69) is 15.5 Å². The molecule has 116 valence electrons. The van der Waals surface area contributed by atoms with Crippen molar-refractivity contribution in [3.05, 3.63) is 58.7 Å². The van der Waals surface area contributed by atoms with Crippen LogP contribution in [0.2, 0.25) is 0 Å². The molecule has 0 aliphatic heterocycles. The molecule has 0 bridgehead atoms. The molecule has 6 nitrogen and oxygen atoms in total. The zero-order chi connectivity index (χ0) is 16.6. The molecule has 2 aromatic carbocycles. The highest BCUT2D eigenvalue weighted by Gasteiger charge is 2.26. The molecule has 0 radical (unpaired) electrons. The lowest BCUT2D eigenvalue weighted by atomic mass is 10.0. The van der Waals surface area contributed by atoms with Crippen molar-refractivity contribution in [1.82, 2.24) is 0 Å². The Bertz CT molecular complexity index is 813. The molecular weight excluding hydrogens is 294 g/mol. The molecule has 3 N–H and O–H groups in total. The summed E-state index contributed by atoms with van der Waals surface area (Å²) in [6, 6.07) is 11.2. The maximum absolute atomic E-state index is 9.46. The van der Waals surface area contributed by atoms with E-state index in [0.717, 1.165) is 33.4 Å². The molecule has 0 amide bonds. The van der Waals surface area contributed by atoms with Gasteiger partial charge in [-0.15, -0.1) is 0 Å². The van der Waals surface area contributed by atoms with E-state index in [1.54, 1.807) is 13.8 Å². The zero-order valence-corrected chi connectivity index (χ0v) is 12.6. The van der Waals surface area contributed by atoms with Crippen LogP contribution in [0, 0.1) is 0 Å². The molecule has 3 rings (SSSR count). The first kappa shape index (κ1) is 14.8. The van der Waals surface area contributed by atoms with Crippen molar-refractivity contribution in [1.29, 1.82) is 0 Å². The lowest BCUT2D eigenvalue weighted by Gasteiger charge is -2.04. The second kappa shape index (κ2) is 5.57. The van der Waals surface area contributed by atoms with Crippen molar-refractivity contribution in [3.63, 3.8) is 0 Å². The molecule has 0 spiro atoms. The predicted molar refractivity (Wildman–Crippen MR) is 87.3 cm³/mol. The standard InChI is InChI=1S/C17H15N3O3/c1-9(18-21)11-3-5-13-14-6-4-12(10(2)19-22)8-16(14)17(20-23)15(13)7-11/h3-8,21-23H,1-2H3/b18-9+,19-10?,20-17?. The van der Waals surface area contributed by atoms with Gasteiger partial charge in [-0.05, 0) is 48.2 Å². The third kappa shape index (κ3) is 2.24. The molecule has 0 atom stereocenters. The summed E-state index contributed by atoms with van der Waals surface area (Å²) in [6.45, 7) is 3.39. The Labute approximate surface area is 132 Å². The van der Waals surface area contributed by atoms with Crippen molar-refractivity contribution in [3.8, 4) is 11.1 Å². The minimum Gasteiger partial charge on any atom is -0.411 e. The van der Waals surface area contributed by atoms with Crippen LogP contribution in [0.1, 0.15) is 36.1 Å². The van der Waals surface area contributed by atoms with E-state index < -0.39 is 0 Å². The van der Waals surface area contributed by atoms with Crippen molar-refractivity contribution in [2.45, 2.75) is 13.8 Å². The number of nitrogens with zero attached hydrogens (tertiary/aromatic N) is 3. The van der Waals surface area contributed by atoms with Crippen LogP contribution >= 0.6 is 0 Å². The van der Waals surface area contributed by atoms with E-state index in [-0.39, 0.29) is 0 Å². The summed E-state index contributed by atoms with van der Waals surface area (Å²) in [5, 5.41) is 37.2. The summed E-state index contributed by atoms with van der Waals surface area (Å²) < 4.78 is 0. The summed E-state index contributed by atoms with van der Waals surface area (Å²) in [4.78, 5) is 0. The highest BCUT2D eigenvalue weighted by Crippen LogP contribution is 2.38. The van der Waals surface area contributed by atoms with Gasteiger partial charge in [-0.25, -0.2) is 0 Å². The molecule has 0 aromatic heterocycles. The van der Waals surface area contributed by atoms with Gasteiger partial charge in [-0.1, -0.05) is 39.7 Å². The maximum atomic E-state index is 9.46. The van der Waals surface area contributed by atoms with Crippen molar-refractivity contribution in [2.75, 3.05) is 0 Å². The molecule has 1 aliphatic rings. The summed E-state index contributed by atoms with van der Waals surface area (Å²) in [5.74, 6) is 0. The number of benzene rings is 2. The Morgan fingerprint density at radius 1 is 0.696 bits per heavy atom. The molecule has 6 heteroatoms. The predicted octanol–water partition coefficient (Wildman–Crippen LogP) is 3.29. The highest BCUT2D eigenvalue weighted by atomic mass is 16.4. The van der Waals surface area contributed by atoms with Gasteiger partial charge in [-0.3, -0.25) is 0 Å². The second-order valence-electron chi connectivity index (χ2n) is 5.34. The SMILES string of the molecule is CC(=NO)c1ccc2c(c1)C(=NO)c1cc(/C(C)=N/O)ccc1-2. The minimum atomic E-state index is 0.440. The van der Waals surface area contributed by atoms with Crippen LogP contribution in [0.4, 0.5) is 0 Å². The number of rotatable bonds is 2. The van der Waals surface area contributed by atoms with E-state index in [4.69, 9.17) is 10.4 Å². The fourth-order valence-corrected chi connectivity index (χ4v) is 2.77. The third-order valence-corrected chi connectivity index (χ3v) is 4.08. The van der Waals surface area contributed by atoms with Gasteiger partial charge in [0, 0.05) is 11.1 Å². The van der Waals surface area contributed by atoms with E-state index in [1.165, 1.54) is 0 Å². The van der Waals surface area contributed by atoms with Crippen LogP contribution in [0.25, 0.3) is 11.1 Å². The Kier molecular flexibility index (Phi) is 3.57. The van der Waals surface area contributed by atoms with Crippen LogP contribution in [-0.4, -0.2) is 32.8 Å². The zero-order valence-electron chi connectivity index (χ0n) is 12.6. The molecule has 1 aliphatic carbocycles. The average molecular weight is 309 g/mol. The summed E-state index contributed by atoms with van der Waals surface area (Å²) in [7, 11) is 0. The smallest absolute Gasteiger partial charge is 0.118 e. The first-order chi connectivity index (χ1) is 11.1. The largest absolute Gasteiger partial charge is 0.411 e. The van der Waals surface area contributed by atoms with Crippen molar-refractivity contribution in [2.24, 2.45) is 15.5 Å². The van der Waals surface area contributed by atoms with E-state index >= 15 is 0 Å². The fourth-order valence-electron chi connectivity index (χ4n) is 2.77. The maximum Gasteiger partial charge on any atom is 0.118 e. The molecule has 0 unspecified atom stereocenters. The van der Waals surface area contributed by atoms with E-state index in [0.29, 0.717) is 17.1 Å². The molecule has 0 saturated carbocycles. The van der Waals surface area contributed by atoms with Crippen molar-refractivity contribution >= 4 is 17.1 Å². The molecule has 0 saturated heterocycles. The Balaban J connectivity index is 2.21. The van der Waals surface area contributed by atoms with Crippen LogP contribution in [0.3, 0.4) is 0 Å². The molecule has 23 heavy (non-hydrogen) atoms. The van der Waals surface area contributed by atoms with Gasteiger partial charge in [0.15, 0.2) is 0 Å². The molecule has 0 heterocycles. The first-order valence-corrected chi connectivity index (χ1v) is 7.00. The number of hydrogen-bond donors (Lipinski definition) is 3. The van der Waals surface area contributed by atoms with Gasteiger partial charge in [-0.2, -0.15) is 0 Å². The second-order valence-corrected chi connectivity index (χ2v) is 5.34. The third-order valence-electron chi connectivity index (χ3n) is 4.08. The van der Waals surface area contributed by atoms with Gasteiger partial charge in [0.05, 0.1) is 11.4 Å². The van der Waals surface area contributed by atoms with Crippen LogP contribution < -0.4 is 0 Å². The van der Waals surface area contributed by atoms with Gasteiger partial charge >= 0.3 is 0 Å². The fraction of sp³-hybridized carbons (Fsp3) is 0.118. The Morgan fingerprint density at radius 3 is 1.48 bits per heavy atom. The first-order valence-electron chi connectivity index (χ1n) is 7.00. The topological polar surface area (TPSA) is 97.8 Å². The normalized spacial score (nSPS) is 15.7. The lowest BCUT2D eigenvalue weighted by Crippen LogP contribution is -2.03. The number of oxime groups is 3. The summed E-state index contributed by atoms with van der Waals surface area (Å²) in [5.41, 5.74) is 6.28. The summed E-state index contributed by atoms with van der Waals surface area (Å²) >= 11 is 0. The van der Waals surface area contributed by atoms with Gasteiger partial charge in [0.25, 0.3) is 0 Å². The monoisotopic (exact) mass is 309 g/mol. The van der Waals surface area contributed by atoms with Gasteiger partial charge in [0.1, 0.15) is 5.71 Å². The van der Waals surface area contributed by atoms with Crippen LogP contribution in [0.5, 0.6) is 0 Å². The minimum absolute atomic E-state index is 0.440. The Morgan fingerprint density at radius 2 is 1.13 bits per heavy atom. The van der Waals surface area contributed by atoms with Gasteiger partial charge < -0.3 is 15.6 Å². The number of fused-ring (bicyclic) bond motifs is 3. The van der Waals surface area contributed by atoms with E-state index in [9.17, 15) is 5.21 Å². The van der Waals surface area contributed by atoms with E-state index in [1.807, 2.05) is 36.4 Å². The summed E-state index contributed by atoms with van der Waals surface area (Å²) in [6.07, 6.45) is 0. The highest BCUT2D eigenvalue weighted by molar-refractivity contribution is 6.25. The lowest BCUT2D eigenvalue weighted by molar-refractivity contribution is 0.319. The molecule has 0 fully saturated rings. The van der Waals surface area contributed by atoms with Crippen LogP contribution in [-0.2, 0) is 0 Å². The molecular formula is C17H15N3O3. The average Bonchev–Trinajstić information content (AvgIpc) is 2.92. The quantitative estimate of drug-likeness (QED) is 0.385.